The minimum atomic E-state index is 0.397. The van der Waals surface area contributed by atoms with E-state index in [9.17, 15) is 0 Å². The van der Waals surface area contributed by atoms with Crippen molar-refractivity contribution >= 4 is 34.8 Å². The Morgan fingerprint density at radius 3 is 2.26 bits per heavy atom. The van der Waals surface area contributed by atoms with E-state index in [1.807, 2.05) is 6.92 Å². The van der Waals surface area contributed by atoms with Crippen LogP contribution in [0.4, 0.5) is 0 Å². The zero-order valence-corrected chi connectivity index (χ0v) is 12.4. The molecular formula is C14H11Cl3O2. The summed E-state index contributed by atoms with van der Waals surface area (Å²) in [6.45, 7) is 2.39. The predicted molar refractivity (Wildman–Crippen MR) is 79.2 cm³/mol. The Bertz CT molecular complexity index is 565. The Balaban J connectivity index is 2.38. The Morgan fingerprint density at radius 2 is 1.63 bits per heavy atom. The van der Waals surface area contributed by atoms with Gasteiger partial charge in [-0.2, -0.15) is 0 Å². The average Bonchev–Trinajstić information content (AvgIpc) is 2.37. The molecule has 0 aliphatic carbocycles. The van der Waals surface area contributed by atoms with Crippen molar-refractivity contribution in [2.75, 3.05) is 6.61 Å². The molecule has 0 atom stereocenters. The van der Waals surface area contributed by atoms with Crippen molar-refractivity contribution in [1.29, 1.82) is 0 Å². The zero-order valence-electron chi connectivity index (χ0n) is 10.1. The van der Waals surface area contributed by atoms with Gasteiger partial charge < -0.3 is 9.47 Å². The molecule has 0 heterocycles. The molecule has 2 aromatic carbocycles. The van der Waals surface area contributed by atoms with E-state index in [2.05, 4.69) is 0 Å². The van der Waals surface area contributed by atoms with Gasteiger partial charge in [0.25, 0.3) is 0 Å². The summed E-state index contributed by atoms with van der Waals surface area (Å²) < 4.78 is 11.2. The largest absolute Gasteiger partial charge is 0.490 e. The Hall–Kier alpha value is -1.09. The van der Waals surface area contributed by atoms with E-state index >= 15 is 0 Å². The van der Waals surface area contributed by atoms with Gasteiger partial charge in [0.05, 0.1) is 16.7 Å². The molecule has 0 spiro atoms. The van der Waals surface area contributed by atoms with Crippen molar-refractivity contribution in [2.24, 2.45) is 0 Å². The van der Waals surface area contributed by atoms with Crippen LogP contribution in [0.25, 0.3) is 0 Å². The van der Waals surface area contributed by atoms with Crippen molar-refractivity contribution in [3.8, 4) is 17.2 Å². The van der Waals surface area contributed by atoms with Crippen molar-refractivity contribution < 1.29 is 9.47 Å². The summed E-state index contributed by atoms with van der Waals surface area (Å²) in [5.41, 5.74) is 0. The summed E-state index contributed by atoms with van der Waals surface area (Å²) in [5, 5.41) is 1.44. The van der Waals surface area contributed by atoms with Crippen LogP contribution in [-0.4, -0.2) is 6.61 Å². The van der Waals surface area contributed by atoms with Gasteiger partial charge in [-0.05, 0) is 31.2 Å². The number of hydrogen-bond acceptors (Lipinski definition) is 2. The third kappa shape index (κ3) is 3.47. The van der Waals surface area contributed by atoms with Gasteiger partial charge in [-0.25, -0.2) is 0 Å². The molecule has 0 saturated carbocycles. The van der Waals surface area contributed by atoms with Crippen LogP contribution in [-0.2, 0) is 0 Å². The molecule has 2 nitrogen and oxygen atoms in total. The number of rotatable bonds is 4. The summed E-state index contributed by atoms with van der Waals surface area (Å²) in [5.74, 6) is 1.46. The van der Waals surface area contributed by atoms with Gasteiger partial charge in [0, 0.05) is 11.1 Å². The van der Waals surface area contributed by atoms with E-state index in [1.54, 1.807) is 36.4 Å². The maximum absolute atomic E-state index is 6.06. The van der Waals surface area contributed by atoms with Gasteiger partial charge in [-0.1, -0.05) is 40.9 Å². The van der Waals surface area contributed by atoms with Crippen molar-refractivity contribution in [3.05, 3.63) is 51.5 Å². The third-order valence-electron chi connectivity index (χ3n) is 2.34. The minimum Gasteiger partial charge on any atom is -0.490 e. The topological polar surface area (TPSA) is 18.5 Å². The van der Waals surface area contributed by atoms with Crippen LogP contribution in [0.2, 0.25) is 15.1 Å². The lowest BCUT2D eigenvalue weighted by Gasteiger charge is -2.13. The molecule has 100 valence electrons. The van der Waals surface area contributed by atoms with Crippen molar-refractivity contribution in [2.45, 2.75) is 6.92 Å². The first-order valence-corrected chi connectivity index (χ1v) is 6.79. The number of hydrogen-bond donors (Lipinski definition) is 0. The van der Waals surface area contributed by atoms with E-state index in [0.29, 0.717) is 38.9 Å². The van der Waals surface area contributed by atoms with Gasteiger partial charge >= 0.3 is 0 Å². The highest BCUT2D eigenvalue weighted by Crippen LogP contribution is 2.40. The fourth-order valence-electron chi connectivity index (χ4n) is 1.52. The number of halogens is 3. The van der Waals surface area contributed by atoms with E-state index in [1.165, 1.54) is 0 Å². The normalized spacial score (nSPS) is 10.3. The van der Waals surface area contributed by atoms with E-state index in [0.717, 1.165) is 0 Å². The molecule has 0 saturated heterocycles. The lowest BCUT2D eigenvalue weighted by Crippen LogP contribution is -1.95. The number of benzene rings is 2. The fourth-order valence-corrected chi connectivity index (χ4v) is 2.16. The van der Waals surface area contributed by atoms with Crippen LogP contribution in [0.1, 0.15) is 6.92 Å². The Labute approximate surface area is 126 Å². The highest BCUT2D eigenvalue weighted by Gasteiger charge is 2.12. The molecule has 0 aliphatic heterocycles. The van der Waals surface area contributed by atoms with Crippen LogP contribution in [0.3, 0.4) is 0 Å². The molecule has 0 amide bonds. The molecule has 2 rings (SSSR count). The first-order valence-electron chi connectivity index (χ1n) is 5.66. The first kappa shape index (κ1) is 14.3. The van der Waals surface area contributed by atoms with Gasteiger partial charge in [-0.3, -0.25) is 0 Å². The molecular weight excluding hydrogens is 307 g/mol. The summed E-state index contributed by atoms with van der Waals surface area (Å²) in [4.78, 5) is 0. The zero-order chi connectivity index (χ0) is 13.8. The van der Waals surface area contributed by atoms with Crippen LogP contribution in [0.5, 0.6) is 17.2 Å². The molecule has 0 bridgehead atoms. The highest BCUT2D eigenvalue weighted by molar-refractivity contribution is 6.37. The minimum absolute atomic E-state index is 0.397. The molecule has 0 N–H and O–H groups in total. The lowest BCUT2D eigenvalue weighted by molar-refractivity contribution is 0.321. The molecule has 5 heteroatoms. The number of para-hydroxylation sites is 1. The molecule has 19 heavy (non-hydrogen) atoms. The second-order valence-corrected chi connectivity index (χ2v) is 4.93. The predicted octanol–water partition coefficient (Wildman–Crippen LogP) is 5.84. The van der Waals surface area contributed by atoms with Crippen LogP contribution in [0, 0.1) is 0 Å². The monoisotopic (exact) mass is 316 g/mol. The van der Waals surface area contributed by atoms with Gasteiger partial charge in [-0.15, -0.1) is 0 Å². The molecule has 0 aromatic heterocycles. The van der Waals surface area contributed by atoms with Gasteiger partial charge in [0.1, 0.15) is 0 Å². The van der Waals surface area contributed by atoms with Gasteiger partial charge in [0.2, 0.25) is 0 Å². The SMILES string of the molecule is CCOc1cc(Cl)ccc1Oc1c(Cl)cccc1Cl. The third-order valence-corrected chi connectivity index (χ3v) is 3.17. The van der Waals surface area contributed by atoms with Crippen molar-refractivity contribution in [3.63, 3.8) is 0 Å². The van der Waals surface area contributed by atoms with E-state index in [4.69, 9.17) is 44.3 Å². The molecule has 0 aliphatic rings. The quantitative estimate of drug-likeness (QED) is 0.705. The molecule has 0 fully saturated rings. The first-order chi connectivity index (χ1) is 9.11. The van der Waals surface area contributed by atoms with Gasteiger partial charge in [0.15, 0.2) is 17.2 Å². The maximum Gasteiger partial charge on any atom is 0.169 e. The molecule has 2 aromatic rings. The van der Waals surface area contributed by atoms with E-state index < -0.39 is 0 Å². The summed E-state index contributed by atoms with van der Waals surface area (Å²) in [7, 11) is 0. The maximum atomic E-state index is 6.06. The Kier molecular flexibility index (Phi) is 4.81. The second kappa shape index (κ2) is 6.38. The van der Waals surface area contributed by atoms with E-state index in [-0.39, 0.29) is 0 Å². The van der Waals surface area contributed by atoms with Crippen molar-refractivity contribution in [1.82, 2.24) is 0 Å². The average molecular weight is 318 g/mol. The summed E-state index contributed by atoms with van der Waals surface area (Å²) in [6, 6.07) is 10.3. The number of ether oxygens (including phenoxy) is 2. The van der Waals surface area contributed by atoms with Crippen LogP contribution in [0.15, 0.2) is 36.4 Å². The van der Waals surface area contributed by atoms with Crippen LogP contribution >= 0.6 is 34.8 Å². The summed E-state index contributed by atoms with van der Waals surface area (Å²) >= 11 is 18.1. The standard InChI is InChI=1S/C14H11Cl3O2/c1-2-18-13-8-9(15)6-7-12(13)19-14-10(16)4-3-5-11(14)17/h3-8H,2H2,1H3. The molecule has 0 unspecified atom stereocenters. The second-order valence-electron chi connectivity index (χ2n) is 3.68. The summed E-state index contributed by atoms with van der Waals surface area (Å²) in [6.07, 6.45) is 0. The smallest absolute Gasteiger partial charge is 0.169 e. The molecule has 0 radical (unpaired) electrons. The lowest BCUT2D eigenvalue weighted by atomic mass is 10.3. The van der Waals surface area contributed by atoms with Crippen LogP contribution < -0.4 is 9.47 Å². The Morgan fingerprint density at radius 1 is 0.947 bits per heavy atom. The fraction of sp³-hybridized carbons (Fsp3) is 0.143. The highest BCUT2D eigenvalue weighted by atomic mass is 35.5.